The van der Waals surface area contributed by atoms with E-state index in [1.54, 1.807) is 12.1 Å². The Morgan fingerprint density at radius 1 is 1.50 bits per heavy atom. The van der Waals surface area contributed by atoms with Gasteiger partial charge in [-0.3, -0.25) is 25.3 Å². The topological polar surface area (TPSA) is 91.4 Å². The molecule has 1 aromatic heterocycles. The molecule has 0 atom stereocenters. The van der Waals surface area contributed by atoms with Crippen molar-refractivity contribution >= 4 is 17.8 Å². The van der Waals surface area contributed by atoms with Gasteiger partial charge in [-0.1, -0.05) is 0 Å². The van der Waals surface area contributed by atoms with Gasteiger partial charge in [-0.25, -0.2) is 9.80 Å². The first-order valence-electron chi connectivity index (χ1n) is 4.49. The van der Waals surface area contributed by atoms with Gasteiger partial charge in [0.2, 0.25) is 5.91 Å². The lowest BCUT2D eigenvalue weighted by Crippen LogP contribution is -2.44. The highest BCUT2D eigenvalue weighted by molar-refractivity contribution is 6.03. The highest BCUT2D eigenvalue weighted by Crippen LogP contribution is 1.98. The second kappa shape index (κ2) is 3.97. The lowest BCUT2D eigenvalue weighted by Gasteiger charge is -2.13. The third-order valence-electron chi connectivity index (χ3n) is 1.95. The first-order valence-corrected chi connectivity index (χ1v) is 4.49. The predicted octanol–water partition coefficient (Wildman–Crippen LogP) is -0.722. The summed E-state index contributed by atoms with van der Waals surface area (Å²) in [6.07, 6.45) is 2.90. The fourth-order valence-electron chi connectivity index (χ4n) is 1.22. The summed E-state index contributed by atoms with van der Waals surface area (Å²) in [5.41, 5.74) is 2.61. The zero-order chi connectivity index (χ0) is 11.5. The van der Waals surface area contributed by atoms with Gasteiger partial charge < -0.3 is 0 Å². The summed E-state index contributed by atoms with van der Waals surface area (Å²) in [6.45, 7) is -0.176. The molecule has 16 heavy (non-hydrogen) atoms. The zero-order valence-electron chi connectivity index (χ0n) is 8.14. The molecule has 7 heteroatoms. The number of carbonyl (C=O) groups excluding carboxylic acids is 3. The minimum absolute atomic E-state index is 0.176. The van der Waals surface area contributed by atoms with Crippen LogP contribution < -0.4 is 10.7 Å². The number of rotatable bonds is 2. The number of nitrogens with zero attached hydrogens (tertiary/aromatic N) is 2. The quantitative estimate of drug-likeness (QED) is 0.643. The molecular formula is C9H8N4O3. The van der Waals surface area contributed by atoms with Crippen LogP contribution in [-0.2, 0) is 4.79 Å². The number of pyridine rings is 1. The van der Waals surface area contributed by atoms with Crippen molar-refractivity contribution in [1.82, 2.24) is 20.7 Å². The number of urea groups is 1. The SMILES string of the molecule is O=C1CN(NC(=O)c2cccnc2)C(=O)N1. The lowest BCUT2D eigenvalue weighted by atomic mass is 10.3. The Labute approximate surface area is 90.4 Å². The minimum atomic E-state index is -0.637. The third-order valence-corrected chi connectivity index (χ3v) is 1.95. The Hall–Kier alpha value is -2.44. The normalized spacial score (nSPS) is 14.9. The van der Waals surface area contributed by atoms with Crippen molar-refractivity contribution in [2.45, 2.75) is 0 Å². The minimum Gasteiger partial charge on any atom is -0.275 e. The van der Waals surface area contributed by atoms with Gasteiger partial charge in [0, 0.05) is 12.4 Å². The largest absolute Gasteiger partial charge is 0.343 e. The Balaban J connectivity index is 2.03. The van der Waals surface area contributed by atoms with E-state index >= 15 is 0 Å². The molecule has 0 bridgehead atoms. The molecular weight excluding hydrogens is 212 g/mol. The maximum absolute atomic E-state index is 11.6. The van der Waals surface area contributed by atoms with Crippen LogP contribution in [0.4, 0.5) is 4.79 Å². The Morgan fingerprint density at radius 2 is 2.31 bits per heavy atom. The molecule has 1 aromatic rings. The van der Waals surface area contributed by atoms with Crippen molar-refractivity contribution in [3.8, 4) is 0 Å². The number of nitrogens with one attached hydrogen (secondary N) is 2. The van der Waals surface area contributed by atoms with Crippen LogP contribution in [0.1, 0.15) is 10.4 Å². The van der Waals surface area contributed by atoms with Crippen molar-refractivity contribution in [3.05, 3.63) is 30.1 Å². The molecule has 1 aliphatic heterocycles. The van der Waals surface area contributed by atoms with Crippen LogP contribution in [-0.4, -0.2) is 34.4 Å². The average Bonchev–Trinajstić information content (AvgIpc) is 2.59. The fraction of sp³-hybridized carbons (Fsp3) is 0.111. The van der Waals surface area contributed by atoms with E-state index < -0.39 is 17.8 Å². The molecule has 1 fully saturated rings. The van der Waals surface area contributed by atoms with Crippen LogP contribution in [0, 0.1) is 0 Å². The second-order valence-electron chi connectivity index (χ2n) is 3.12. The Kier molecular flexibility index (Phi) is 2.50. The summed E-state index contributed by atoms with van der Waals surface area (Å²) in [6, 6.07) is 2.52. The van der Waals surface area contributed by atoms with Crippen molar-refractivity contribution in [2.75, 3.05) is 6.54 Å². The van der Waals surface area contributed by atoms with E-state index in [0.29, 0.717) is 5.56 Å². The van der Waals surface area contributed by atoms with E-state index in [9.17, 15) is 14.4 Å². The van der Waals surface area contributed by atoms with Crippen LogP contribution in [0.5, 0.6) is 0 Å². The van der Waals surface area contributed by atoms with Gasteiger partial charge in [0.25, 0.3) is 5.91 Å². The molecule has 0 aliphatic carbocycles. The number of hydrogen-bond donors (Lipinski definition) is 2. The number of aromatic nitrogens is 1. The highest BCUT2D eigenvalue weighted by atomic mass is 16.2. The summed E-state index contributed by atoms with van der Waals surface area (Å²) in [4.78, 5) is 37.3. The average molecular weight is 220 g/mol. The van der Waals surface area contributed by atoms with Crippen LogP contribution >= 0.6 is 0 Å². The molecule has 0 spiro atoms. The van der Waals surface area contributed by atoms with Gasteiger partial charge in [0.1, 0.15) is 6.54 Å². The second-order valence-corrected chi connectivity index (χ2v) is 3.12. The lowest BCUT2D eigenvalue weighted by molar-refractivity contribution is -0.118. The molecule has 2 heterocycles. The number of hydrogen-bond acceptors (Lipinski definition) is 4. The zero-order valence-corrected chi connectivity index (χ0v) is 8.14. The van der Waals surface area contributed by atoms with Gasteiger partial charge in [-0.05, 0) is 12.1 Å². The number of imide groups is 1. The molecule has 0 unspecified atom stereocenters. The molecule has 1 aliphatic rings. The predicted molar refractivity (Wildman–Crippen MR) is 51.9 cm³/mol. The standard InChI is InChI=1S/C9H8N4O3/c14-7-5-13(9(16)11-7)12-8(15)6-2-1-3-10-4-6/h1-4H,5H2,(H,12,15)(H,11,14,16). The molecule has 2 N–H and O–H groups in total. The van der Waals surface area contributed by atoms with E-state index in [1.165, 1.54) is 12.4 Å². The summed E-state index contributed by atoms with van der Waals surface area (Å²) < 4.78 is 0. The molecule has 4 amide bonds. The van der Waals surface area contributed by atoms with Crippen molar-refractivity contribution < 1.29 is 14.4 Å². The number of amides is 4. The van der Waals surface area contributed by atoms with E-state index in [4.69, 9.17) is 0 Å². The monoisotopic (exact) mass is 220 g/mol. The van der Waals surface area contributed by atoms with Gasteiger partial charge in [0.15, 0.2) is 0 Å². The van der Waals surface area contributed by atoms with Crippen molar-refractivity contribution in [3.63, 3.8) is 0 Å². The first kappa shape index (κ1) is 10.1. The Morgan fingerprint density at radius 3 is 2.88 bits per heavy atom. The number of carbonyl (C=O) groups is 3. The molecule has 82 valence electrons. The fourth-order valence-corrected chi connectivity index (χ4v) is 1.22. The summed E-state index contributed by atoms with van der Waals surface area (Å²) >= 11 is 0. The molecule has 0 radical (unpaired) electrons. The summed E-state index contributed by atoms with van der Waals surface area (Å²) in [5, 5.41) is 2.96. The van der Waals surface area contributed by atoms with Gasteiger partial charge >= 0.3 is 6.03 Å². The molecule has 2 rings (SSSR count). The number of hydrazine groups is 1. The van der Waals surface area contributed by atoms with Gasteiger partial charge in [-0.2, -0.15) is 0 Å². The van der Waals surface area contributed by atoms with Crippen molar-refractivity contribution in [2.24, 2.45) is 0 Å². The molecule has 0 aromatic carbocycles. The van der Waals surface area contributed by atoms with E-state index in [-0.39, 0.29) is 6.54 Å². The highest BCUT2D eigenvalue weighted by Gasteiger charge is 2.28. The Bertz CT molecular complexity index is 445. The van der Waals surface area contributed by atoms with E-state index in [0.717, 1.165) is 5.01 Å². The van der Waals surface area contributed by atoms with Crippen LogP contribution in [0.15, 0.2) is 24.5 Å². The van der Waals surface area contributed by atoms with Crippen LogP contribution in [0.3, 0.4) is 0 Å². The van der Waals surface area contributed by atoms with Crippen molar-refractivity contribution in [1.29, 1.82) is 0 Å². The van der Waals surface area contributed by atoms with Crippen LogP contribution in [0.2, 0.25) is 0 Å². The van der Waals surface area contributed by atoms with Gasteiger partial charge in [-0.15, -0.1) is 0 Å². The van der Waals surface area contributed by atoms with E-state index in [2.05, 4.69) is 10.4 Å². The molecule has 0 saturated carbocycles. The first-order chi connectivity index (χ1) is 7.66. The maximum Gasteiger partial charge on any atom is 0.343 e. The maximum atomic E-state index is 11.6. The van der Waals surface area contributed by atoms with Crippen LogP contribution in [0.25, 0.3) is 0 Å². The molecule has 7 nitrogen and oxygen atoms in total. The third kappa shape index (κ3) is 1.97. The van der Waals surface area contributed by atoms with E-state index in [1.807, 2.05) is 5.32 Å². The summed E-state index contributed by atoms with van der Waals surface area (Å²) in [5.74, 6) is -0.936. The molecule has 1 saturated heterocycles. The smallest absolute Gasteiger partial charge is 0.275 e. The summed E-state index contributed by atoms with van der Waals surface area (Å²) in [7, 11) is 0. The van der Waals surface area contributed by atoms with Gasteiger partial charge in [0.05, 0.1) is 5.56 Å².